The summed E-state index contributed by atoms with van der Waals surface area (Å²) in [5.74, 6) is 0.253. The molecule has 0 amide bonds. The maximum Gasteiger partial charge on any atom is 0.280 e. The second-order valence-electron chi connectivity index (χ2n) is 3.52. The summed E-state index contributed by atoms with van der Waals surface area (Å²) in [6.07, 6.45) is 0. The lowest BCUT2D eigenvalue weighted by Gasteiger charge is -2.01. The van der Waals surface area contributed by atoms with E-state index >= 15 is 0 Å². The van der Waals surface area contributed by atoms with Crippen LogP contribution in [0, 0.1) is 20.2 Å². The summed E-state index contributed by atoms with van der Waals surface area (Å²) < 4.78 is 0.579. The van der Waals surface area contributed by atoms with E-state index in [-0.39, 0.29) is 17.1 Å². The fourth-order valence-electron chi connectivity index (χ4n) is 1.38. The van der Waals surface area contributed by atoms with E-state index in [1.165, 1.54) is 35.2 Å². The number of nitro groups is 2. The standard InChI is InChI=1S/C9H7N5O4S2/c10-8-11-12-9(20-8)19-4-5-1-2-6(13(15)16)3-7(5)14(17)18/h1-3H,4H2,(H2,10,11). The molecule has 0 spiro atoms. The van der Waals surface area contributed by atoms with Crippen molar-refractivity contribution in [2.24, 2.45) is 0 Å². The number of thioether (sulfide) groups is 1. The number of nitrogens with zero attached hydrogens (tertiary/aromatic N) is 4. The minimum atomic E-state index is -0.671. The van der Waals surface area contributed by atoms with Crippen molar-refractivity contribution in [1.82, 2.24) is 10.2 Å². The minimum absolute atomic E-state index is 0.253. The van der Waals surface area contributed by atoms with Gasteiger partial charge in [-0.25, -0.2) is 0 Å². The van der Waals surface area contributed by atoms with Gasteiger partial charge in [-0.3, -0.25) is 20.2 Å². The molecule has 0 aliphatic carbocycles. The van der Waals surface area contributed by atoms with Crippen molar-refractivity contribution in [3.63, 3.8) is 0 Å². The van der Waals surface area contributed by atoms with Gasteiger partial charge in [-0.15, -0.1) is 10.2 Å². The Morgan fingerprint density at radius 3 is 2.55 bits per heavy atom. The van der Waals surface area contributed by atoms with Crippen LogP contribution in [0.1, 0.15) is 5.56 Å². The van der Waals surface area contributed by atoms with Gasteiger partial charge in [0.1, 0.15) is 0 Å². The Labute approximate surface area is 120 Å². The van der Waals surface area contributed by atoms with Crippen molar-refractivity contribution in [3.05, 3.63) is 44.0 Å². The largest absolute Gasteiger partial charge is 0.374 e. The molecule has 0 aliphatic heterocycles. The molecule has 9 nitrogen and oxygen atoms in total. The molecule has 1 heterocycles. The third-order valence-corrected chi connectivity index (χ3v) is 4.18. The Balaban J connectivity index is 2.22. The Morgan fingerprint density at radius 1 is 1.25 bits per heavy atom. The average molecular weight is 313 g/mol. The first-order valence-electron chi connectivity index (χ1n) is 5.11. The van der Waals surface area contributed by atoms with Gasteiger partial charge in [-0.05, 0) is 6.07 Å². The molecule has 0 atom stereocenters. The lowest BCUT2D eigenvalue weighted by atomic mass is 10.2. The third-order valence-electron chi connectivity index (χ3n) is 2.25. The zero-order valence-electron chi connectivity index (χ0n) is 9.75. The topological polar surface area (TPSA) is 138 Å². The summed E-state index contributed by atoms with van der Waals surface area (Å²) in [6, 6.07) is 3.55. The van der Waals surface area contributed by atoms with Crippen LogP contribution in [0.5, 0.6) is 0 Å². The second kappa shape index (κ2) is 5.79. The van der Waals surface area contributed by atoms with E-state index in [2.05, 4.69) is 10.2 Å². The maximum absolute atomic E-state index is 10.9. The Morgan fingerprint density at radius 2 is 2.00 bits per heavy atom. The molecule has 20 heavy (non-hydrogen) atoms. The van der Waals surface area contributed by atoms with Crippen LogP contribution in [0.25, 0.3) is 0 Å². The molecule has 2 rings (SSSR count). The number of hydrogen-bond acceptors (Lipinski definition) is 9. The molecule has 0 fully saturated rings. The molecular formula is C9H7N5O4S2. The predicted octanol–water partition coefficient (Wildman–Crippen LogP) is 2.23. The number of nitro benzene ring substituents is 2. The van der Waals surface area contributed by atoms with E-state index in [0.29, 0.717) is 15.0 Å². The summed E-state index contributed by atoms with van der Waals surface area (Å²) in [5, 5.41) is 29.3. The molecule has 1 aromatic heterocycles. The van der Waals surface area contributed by atoms with Crippen LogP contribution in [-0.2, 0) is 5.75 Å². The van der Waals surface area contributed by atoms with Crippen molar-refractivity contribution in [2.75, 3.05) is 5.73 Å². The molecule has 0 radical (unpaired) electrons. The van der Waals surface area contributed by atoms with E-state index < -0.39 is 9.85 Å². The van der Waals surface area contributed by atoms with E-state index in [9.17, 15) is 20.2 Å². The molecule has 0 saturated carbocycles. The molecule has 0 saturated heterocycles. The summed E-state index contributed by atoms with van der Waals surface area (Å²) in [6.45, 7) is 0. The molecular weight excluding hydrogens is 306 g/mol. The summed E-state index contributed by atoms with van der Waals surface area (Å²) >= 11 is 2.40. The van der Waals surface area contributed by atoms with E-state index in [0.717, 1.165) is 6.07 Å². The van der Waals surface area contributed by atoms with Crippen molar-refractivity contribution in [2.45, 2.75) is 10.1 Å². The fraction of sp³-hybridized carbons (Fsp3) is 0.111. The van der Waals surface area contributed by atoms with Crippen LogP contribution >= 0.6 is 23.1 Å². The van der Waals surface area contributed by atoms with Crippen molar-refractivity contribution in [1.29, 1.82) is 0 Å². The van der Waals surface area contributed by atoms with Gasteiger partial charge in [-0.1, -0.05) is 23.1 Å². The Kier molecular flexibility index (Phi) is 4.10. The van der Waals surface area contributed by atoms with Crippen LogP contribution in [0.3, 0.4) is 0 Å². The molecule has 11 heteroatoms. The summed E-state index contributed by atoms with van der Waals surface area (Å²) in [7, 11) is 0. The molecule has 0 bridgehead atoms. The number of anilines is 1. The fourth-order valence-corrected chi connectivity index (χ4v) is 3.01. The maximum atomic E-state index is 10.9. The first-order valence-corrected chi connectivity index (χ1v) is 6.91. The summed E-state index contributed by atoms with van der Waals surface area (Å²) in [5.41, 5.74) is 5.20. The van der Waals surface area contributed by atoms with Crippen LogP contribution in [0.2, 0.25) is 0 Å². The van der Waals surface area contributed by atoms with Crippen molar-refractivity contribution >= 4 is 39.6 Å². The van der Waals surface area contributed by atoms with Gasteiger partial charge in [-0.2, -0.15) is 0 Å². The number of rotatable bonds is 5. The van der Waals surface area contributed by atoms with E-state index in [1.54, 1.807) is 0 Å². The SMILES string of the molecule is Nc1nnc(SCc2ccc([N+](=O)[O-])cc2[N+](=O)[O-])s1. The van der Waals surface area contributed by atoms with Crippen LogP contribution in [0.15, 0.2) is 22.5 Å². The number of benzene rings is 1. The van der Waals surface area contributed by atoms with Gasteiger partial charge in [0, 0.05) is 17.4 Å². The molecule has 2 N–H and O–H groups in total. The first kappa shape index (κ1) is 14.1. The minimum Gasteiger partial charge on any atom is -0.374 e. The Hall–Kier alpha value is -2.27. The first-order chi connectivity index (χ1) is 9.47. The number of nitrogen functional groups attached to an aromatic ring is 1. The normalized spacial score (nSPS) is 10.4. The highest BCUT2D eigenvalue weighted by Crippen LogP contribution is 2.32. The van der Waals surface area contributed by atoms with Gasteiger partial charge in [0.2, 0.25) is 5.13 Å². The monoisotopic (exact) mass is 313 g/mol. The van der Waals surface area contributed by atoms with Gasteiger partial charge in [0.15, 0.2) is 4.34 Å². The highest BCUT2D eigenvalue weighted by Gasteiger charge is 2.19. The number of non-ortho nitro benzene ring substituents is 1. The number of aromatic nitrogens is 2. The van der Waals surface area contributed by atoms with Crippen LogP contribution < -0.4 is 5.73 Å². The summed E-state index contributed by atoms with van der Waals surface area (Å²) in [4.78, 5) is 20.2. The van der Waals surface area contributed by atoms with Gasteiger partial charge in [0.05, 0.1) is 15.9 Å². The highest BCUT2D eigenvalue weighted by molar-refractivity contribution is 8.00. The number of nitrogens with two attached hydrogens (primary N) is 1. The lowest BCUT2D eigenvalue weighted by Crippen LogP contribution is -1.96. The quantitative estimate of drug-likeness (QED) is 0.503. The highest BCUT2D eigenvalue weighted by atomic mass is 32.2. The zero-order chi connectivity index (χ0) is 14.7. The van der Waals surface area contributed by atoms with Crippen LogP contribution in [-0.4, -0.2) is 20.0 Å². The third kappa shape index (κ3) is 3.19. The van der Waals surface area contributed by atoms with E-state index in [4.69, 9.17) is 5.73 Å². The van der Waals surface area contributed by atoms with Crippen LogP contribution in [0.4, 0.5) is 16.5 Å². The molecule has 104 valence electrons. The second-order valence-corrected chi connectivity index (χ2v) is 5.75. The predicted molar refractivity (Wildman–Crippen MR) is 73.6 cm³/mol. The average Bonchev–Trinajstić information content (AvgIpc) is 2.81. The molecule has 1 aromatic carbocycles. The Bertz CT molecular complexity index is 674. The zero-order valence-corrected chi connectivity index (χ0v) is 11.4. The van der Waals surface area contributed by atoms with Gasteiger partial charge >= 0.3 is 0 Å². The van der Waals surface area contributed by atoms with Crippen molar-refractivity contribution < 1.29 is 9.85 Å². The molecule has 0 aliphatic rings. The van der Waals surface area contributed by atoms with E-state index in [1.807, 2.05) is 0 Å². The lowest BCUT2D eigenvalue weighted by molar-refractivity contribution is -0.394. The molecule has 0 unspecified atom stereocenters. The number of hydrogen-bond donors (Lipinski definition) is 1. The van der Waals surface area contributed by atoms with Crippen molar-refractivity contribution in [3.8, 4) is 0 Å². The van der Waals surface area contributed by atoms with Gasteiger partial charge in [0.25, 0.3) is 11.4 Å². The van der Waals surface area contributed by atoms with Gasteiger partial charge < -0.3 is 5.73 Å². The smallest absolute Gasteiger partial charge is 0.280 e. The molecule has 2 aromatic rings.